The van der Waals surface area contributed by atoms with E-state index in [-0.39, 0.29) is 5.56 Å². The first kappa shape index (κ1) is 12.7. The highest BCUT2D eigenvalue weighted by Crippen LogP contribution is 2.19. The molecule has 0 fully saturated rings. The third-order valence-corrected chi connectivity index (χ3v) is 3.46. The van der Waals surface area contributed by atoms with E-state index in [0.717, 1.165) is 29.8 Å². The van der Waals surface area contributed by atoms with Gasteiger partial charge in [0.1, 0.15) is 0 Å². The lowest BCUT2D eigenvalue weighted by Crippen LogP contribution is -2.19. The fourth-order valence-corrected chi connectivity index (χ4v) is 2.43. The number of fused-ring (bicyclic) bond motifs is 1. The van der Waals surface area contributed by atoms with Gasteiger partial charge in [-0.05, 0) is 13.3 Å². The van der Waals surface area contributed by atoms with Gasteiger partial charge in [0.25, 0.3) is 5.56 Å². The van der Waals surface area contributed by atoms with Crippen LogP contribution < -0.4 is 5.56 Å². The number of benzene rings is 1. The fourth-order valence-electron chi connectivity index (χ4n) is 2.43. The Bertz CT molecular complexity index is 800. The van der Waals surface area contributed by atoms with Crippen molar-refractivity contribution in [3.63, 3.8) is 0 Å². The molecule has 4 heteroatoms. The number of rotatable bonds is 3. The summed E-state index contributed by atoms with van der Waals surface area (Å²) in [6.07, 6.45) is 1.95. The van der Waals surface area contributed by atoms with Crippen LogP contribution in [0.25, 0.3) is 16.9 Å². The van der Waals surface area contributed by atoms with Crippen LogP contribution in [0.15, 0.2) is 41.2 Å². The van der Waals surface area contributed by atoms with Crippen molar-refractivity contribution in [3.8, 4) is 11.3 Å². The van der Waals surface area contributed by atoms with Gasteiger partial charge in [0.05, 0.1) is 5.69 Å². The van der Waals surface area contributed by atoms with Gasteiger partial charge in [-0.25, -0.2) is 9.50 Å². The molecule has 0 bridgehead atoms. The highest BCUT2D eigenvalue weighted by molar-refractivity contribution is 5.64. The standard InChI is InChI=1S/C16H17N3O/c1-3-7-13-10-14-17-15(12-8-5-4-6-9-12)11(2)16(20)19(14)18-13/h4-6,8-10,18H,3,7H2,1-2H3. The first-order valence-electron chi connectivity index (χ1n) is 6.87. The van der Waals surface area contributed by atoms with Crippen molar-refractivity contribution in [2.45, 2.75) is 26.7 Å². The number of aryl methyl sites for hydroxylation is 1. The zero-order valence-corrected chi connectivity index (χ0v) is 11.7. The monoisotopic (exact) mass is 267 g/mol. The molecule has 2 aromatic heterocycles. The summed E-state index contributed by atoms with van der Waals surface area (Å²) in [5.41, 5.74) is 4.10. The van der Waals surface area contributed by atoms with Crippen LogP contribution in [0, 0.1) is 6.92 Å². The average molecular weight is 267 g/mol. The maximum atomic E-state index is 12.4. The van der Waals surface area contributed by atoms with Crippen LogP contribution in [0.3, 0.4) is 0 Å². The first-order chi connectivity index (χ1) is 9.70. The van der Waals surface area contributed by atoms with Crippen molar-refractivity contribution in [3.05, 3.63) is 58.0 Å². The largest absolute Gasteiger partial charge is 0.294 e. The van der Waals surface area contributed by atoms with E-state index in [1.165, 1.54) is 4.52 Å². The molecule has 4 nitrogen and oxygen atoms in total. The second kappa shape index (κ2) is 4.96. The summed E-state index contributed by atoms with van der Waals surface area (Å²) in [5, 5.41) is 3.13. The predicted molar refractivity (Wildman–Crippen MR) is 80.0 cm³/mol. The van der Waals surface area contributed by atoms with E-state index in [2.05, 4.69) is 17.0 Å². The van der Waals surface area contributed by atoms with Gasteiger partial charge >= 0.3 is 0 Å². The van der Waals surface area contributed by atoms with Crippen LogP contribution in [-0.2, 0) is 6.42 Å². The zero-order valence-electron chi connectivity index (χ0n) is 11.7. The van der Waals surface area contributed by atoms with Crippen molar-refractivity contribution in [1.82, 2.24) is 14.6 Å². The molecule has 0 radical (unpaired) electrons. The lowest BCUT2D eigenvalue weighted by Gasteiger charge is -2.05. The van der Waals surface area contributed by atoms with Gasteiger partial charge in [-0.2, -0.15) is 0 Å². The van der Waals surface area contributed by atoms with Crippen molar-refractivity contribution in [1.29, 1.82) is 0 Å². The maximum absolute atomic E-state index is 12.4. The number of aromatic nitrogens is 3. The van der Waals surface area contributed by atoms with E-state index in [1.54, 1.807) is 0 Å². The smallest absolute Gasteiger partial charge is 0.276 e. The van der Waals surface area contributed by atoms with Crippen molar-refractivity contribution in [2.75, 3.05) is 0 Å². The third kappa shape index (κ3) is 2.03. The molecular formula is C16H17N3O. The van der Waals surface area contributed by atoms with E-state index in [9.17, 15) is 4.79 Å². The van der Waals surface area contributed by atoms with Gasteiger partial charge in [-0.1, -0.05) is 43.7 Å². The minimum absolute atomic E-state index is 0.0313. The number of H-pyrrole nitrogens is 1. The highest BCUT2D eigenvalue weighted by Gasteiger charge is 2.12. The molecule has 2 heterocycles. The Morgan fingerprint density at radius 3 is 2.70 bits per heavy atom. The lowest BCUT2D eigenvalue weighted by molar-refractivity contribution is 0.813. The molecule has 0 spiro atoms. The van der Waals surface area contributed by atoms with E-state index < -0.39 is 0 Å². The second-order valence-electron chi connectivity index (χ2n) is 4.98. The molecule has 0 aliphatic carbocycles. The Labute approximate surface area is 117 Å². The molecule has 0 atom stereocenters. The quantitative estimate of drug-likeness (QED) is 0.793. The number of hydrogen-bond acceptors (Lipinski definition) is 2. The lowest BCUT2D eigenvalue weighted by atomic mass is 10.1. The van der Waals surface area contributed by atoms with E-state index in [1.807, 2.05) is 43.3 Å². The van der Waals surface area contributed by atoms with Gasteiger partial charge in [0, 0.05) is 22.9 Å². The summed E-state index contributed by atoms with van der Waals surface area (Å²) in [6.45, 7) is 3.94. The van der Waals surface area contributed by atoms with Gasteiger partial charge in [-0.3, -0.25) is 9.89 Å². The summed E-state index contributed by atoms with van der Waals surface area (Å²) in [5.74, 6) is 0. The molecule has 0 unspecified atom stereocenters. The molecule has 20 heavy (non-hydrogen) atoms. The SMILES string of the molecule is CCCc1cc2nc(-c3ccccc3)c(C)c(=O)n2[nH]1. The third-order valence-electron chi connectivity index (χ3n) is 3.46. The Balaban J connectivity index is 2.25. The van der Waals surface area contributed by atoms with Gasteiger partial charge < -0.3 is 0 Å². The zero-order chi connectivity index (χ0) is 14.1. The van der Waals surface area contributed by atoms with Crippen molar-refractivity contribution in [2.24, 2.45) is 0 Å². The number of nitrogens with zero attached hydrogens (tertiary/aromatic N) is 2. The van der Waals surface area contributed by atoms with Crippen molar-refractivity contribution >= 4 is 5.65 Å². The van der Waals surface area contributed by atoms with Crippen LogP contribution in [0.2, 0.25) is 0 Å². The van der Waals surface area contributed by atoms with E-state index >= 15 is 0 Å². The minimum Gasteiger partial charge on any atom is -0.294 e. The molecule has 0 saturated carbocycles. The maximum Gasteiger partial charge on any atom is 0.276 e. The second-order valence-corrected chi connectivity index (χ2v) is 4.98. The molecule has 0 saturated heterocycles. The summed E-state index contributed by atoms with van der Waals surface area (Å²) in [7, 11) is 0. The van der Waals surface area contributed by atoms with Crippen molar-refractivity contribution < 1.29 is 0 Å². The van der Waals surface area contributed by atoms with Crippen LogP contribution >= 0.6 is 0 Å². The summed E-state index contributed by atoms with van der Waals surface area (Å²) >= 11 is 0. The molecule has 0 aliphatic rings. The van der Waals surface area contributed by atoms with E-state index in [4.69, 9.17) is 0 Å². The topological polar surface area (TPSA) is 50.2 Å². The van der Waals surface area contributed by atoms with Crippen LogP contribution in [0.4, 0.5) is 0 Å². The first-order valence-corrected chi connectivity index (χ1v) is 6.87. The molecule has 1 aromatic carbocycles. The summed E-state index contributed by atoms with van der Waals surface area (Å²) in [4.78, 5) is 17.1. The number of hydrogen-bond donors (Lipinski definition) is 1. The van der Waals surface area contributed by atoms with Crippen LogP contribution in [0.1, 0.15) is 24.6 Å². The molecule has 0 amide bonds. The van der Waals surface area contributed by atoms with Gasteiger partial charge in [0.2, 0.25) is 0 Å². The van der Waals surface area contributed by atoms with Gasteiger partial charge in [0.15, 0.2) is 5.65 Å². The Morgan fingerprint density at radius 1 is 1.25 bits per heavy atom. The van der Waals surface area contributed by atoms with Crippen LogP contribution in [0.5, 0.6) is 0 Å². The molecule has 3 aromatic rings. The molecule has 1 N–H and O–H groups in total. The summed E-state index contributed by atoms with van der Waals surface area (Å²) < 4.78 is 1.53. The Morgan fingerprint density at radius 2 is 2.00 bits per heavy atom. The van der Waals surface area contributed by atoms with Crippen LogP contribution in [-0.4, -0.2) is 14.6 Å². The number of aromatic amines is 1. The predicted octanol–water partition coefficient (Wildman–Crippen LogP) is 2.95. The molecule has 0 aliphatic heterocycles. The summed E-state index contributed by atoms with van der Waals surface area (Å²) in [6, 6.07) is 11.8. The molecule has 3 rings (SSSR count). The number of nitrogens with one attached hydrogen (secondary N) is 1. The average Bonchev–Trinajstić information content (AvgIpc) is 2.87. The Hall–Kier alpha value is -2.36. The fraction of sp³-hybridized carbons (Fsp3) is 0.250. The minimum atomic E-state index is -0.0313. The Kier molecular flexibility index (Phi) is 3.14. The molecule has 102 valence electrons. The highest BCUT2D eigenvalue weighted by atomic mass is 16.1. The molecular weight excluding hydrogens is 250 g/mol. The van der Waals surface area contributed by atoms with E-state index in [0.29, 0.717) is 11.2 Å². The normalized spacial score (nSPS) is 11.1. The van der Waals surface area contributed by atoms with Gasteiger partial charge in [-0.15, -0.1) is 0 Å².